The van der Waals surface area contributed by atoms with Gasteiger partial charge in [-0.15, -0.1) is 0 Å². The average molecular weight is 447 g/mol. The second-order valence-corrected chi connectivity index (χ2v) is 8.07. The number of hydrogen-bond acceptors (Lipinski definition) is 7. The predicted molar refractivity (Wildman–Crippen MR) is 116 cm³/mol. The fourth-order valence-corrected chi connectivity index (χ4v) is 3.09. The van der Waals surface area contributed by atoms with Gasteiger partial charge >= 0.3 is 17.9 Å². The Morgan fingerprint density at radius 3 is 1.55 bits per heavy atom. The number of unbranched alkanes of at least 4 members (excludes halogenated alkanes) is 12. The number of rotatable bonds is 21. The van der Waals surface area contributed by atoms with Gasteiger partial charge in [0.25, 0.3) is 0 Å². The van der Waals surface area contributed by atoms with Crippen LogP contribution in [0.25, 0.3) is 0 Å². The second-order valence-electron chi connectivity index (χ2n) is 8.07. The summed E-state index contributed by atoms with van der Waals surface area (Å²) in [5.74, 6) is -2.89. The molecular weight excluding hydrogens is 404 g/mol. The largest absolute Gasteiger partial charge is 0.479 e. The van der Waals surface area contributed by atoms with E-state index in [0.717, 1.165) is 19.3 Å². The lowest BCUT2D eigenvalue weighted by atomic mass is 10.0. The molecule has 0 heterocycles. The van der Waals surface area contributed by atoms with Crippen LogP contribution in [-0.2, 0) is 23.9 Å². The van der Waals surface area contributed by atoms with Crippen LogP contribution in [0.4, 0.5) is 0 Å². The Morgan fingerprint density at radius 2 is 1.10 bits per heavy atom. The third-order valence-corrected chi connectivity index (χ3v) is 5.00. The molecule has 0 aromatic rings. The molecule has 8 heteroatoms. The van der Waals surface area contributed by atoms with Crippen molar-refractivity contribution in [3.05, 3.63) is 0 Å². The Labute approximate surface area is 186 Å². The number of carbonyl (C=O) groups excluding carboxylic acids is 2. The molecule has 182 valence electrons. The van der Waals surface area contributed by atoms with E-state index >= 15 is 0 Å². The average Bonchev–Trinajstić information content (AvgIpc) is 2.73. The molecule has 0 saturated heterocycles. The topological polar surface area (TPSA) is 130 Å². The summed E-state index contributed by atoms with van der Waals surface area (Å²) in [4.78, 5) is 33.4. The number of aliphatic hydroxyl groups excluding tert-OH is 2. The molecule has 0 aromatic heterocycles. The summed E-state index contributed by atoms with van der Waals surface area (Å²) < 4.78 is 9.57. The van der Waals surface area contributed by atoms with Gasteiger partial charge in [0, 0.05) is 6.42 Å². The quantitative estimate of drug-likeness (QED) is 0.179. The predicted octanol–water partition coefficient (Wildman–Crippen LogP) is 3.75. The number of esters is 2. The number of ether oxygens (including phenoxy) is 2. The summed E-state index contributed by atoms with van der Waals surface area (Å²) >= 11 is 0. The first-order valence-electron chi connectivity index (χ1n) is 11.8. The highest BCUT2D eigenvalue weighted by Crippen LogP contribution is 2.13. The van der Waals surface area contributed by atoms with E-state index < -0.39 is 43.1 Å². The number of carbonyl (C=O) groups is 3. The summed E-state index contributed by atoms with van der Waals surface area (Å²) in [7, 11) is 0. The van der Waals surface area contributed by atoms with Crippen LogP contribution in [0, 0.1) is 0 Å². The summed E-state index contributed by atoms with van der Waals surface area (Å²) in [6.45, 7) is 1.50. The van der Waals surface area contributed by atoms with Crippen LogP contribution in [0.5, 0.6) is 0 Å². The summed E-state index contributed by atoms with van der Waals surface area (Å²) in [6.07, 6.45) is 12.5. The Morgan fingerprint density at radius 1 is 0.677 bits per heavy atom. The maximum atomic E-state index is 11.7. The Bertz CT molecular complexity index is 480. The van der Waals surface area contributed by atoms with Gasteiger partial charge in [0.05, 0.1) is 6.42 Å². The van der Waals surface area contributed by atoms with Crippen LogP contribution in [0.15, 0.2) is 0 Å². The van der Waals surface area contributed by atoms with Crippen LogP contribution in [0.1, 0.15) is 103 Å². The van der Waals surface area contributed by atoms with Crippen molar-refractivity contribution < 1.29 is 39.2 Å². The minimum atomic E-state index is -1.84. The molecule has 3 N–H and O–H groups in total. The first-order valence-corrected chi connectivity index (χ1v) is 11.8. The van der Waals surface area contributed by atoms with Crippen molar-refractivity contribution in [2.24, 2.45) is 0 Å². The minimum Gasteiger partial charge on any atom is -0.479 e. The van der Waals surface area contributed by atoms with Crippen molar-refractivity contribution in [2.45, 2.75) is 115 Å². The first-order chi connectivity index (χ1) is 14.9. The molecule has 8 nitrogen and oxygen atoms in total. The second kappa shape index (κ2) is 20.2. The highest BCUT2D eigenvalue weighted by Gasteiger charge is 2.20. The number of carboxylic acids is 1. The lowest BCUT2D eigenvalue weighted by Gasteiger charge is -2.12. The van der Waals surface area contributed by atoms with Gasteiger partial charge in [0.2, 0.25) is 0 Å². The van der Waals surface area contributed by atoms with E-state index in [9.17, 15) is 19.5 Å². The fourth-order valence-electron chi connectivity index (χ4n) is 3.09. The van der Waals surface area contributed by atoms with Gasteiger partial charge in [0.15, 0.2) is 6.10 Å². The normalized spacial score (nSPS) is 12.9. The molecule has 0 amide bonds. The monoisotopic (exact) mass is 446 g/mol. The maximum absolute atomic E-state index is 11.7. The van der Waals surface area contributed by atoms with Gasteiger partial charge in [0.1, 0.15) is 19.3 Å². The molecule has 31 heavy (non-hydrogen) atoms. The molecule has 1 unspecified atom stereocenters. The number of aliphatic carboxylic acids is 1. The van der Waals surface area contributed by atoms with Gasteiger partial charge in [-0.3, -0.25) is 9.59 Å². The fraction of sp³-hybridized carbons (Fsp3) is 0.870. The lowest BCUT2D eigenvalue weighted by Crippen LogP contribution is -2.28. The summed E-state index contributed by atoms with van der Waals surface area (Å²) in [5.41, 5.74) is 0. The molecule has 0 saturated carbocycles. The standard InChI is InChI=1S/C23H42O8/c1-2-3-4-5-6-7-8-9-10-11-12-13-14-15-21(26)30-17-19(24)18-31-22(27)16-20(25)23(28)29/h19-20,24-25H,2-18H2,1H3,(H,28,29)/t19?,20-/m1/s1. The molecule has 0 bridgehead atoms. The van der Waals surface area contributed by atoms with E-state index in [4.69, 9.17) is 14.9 Å². The zero-order valence-electron chi connectivity index (χ0n) is 19.1. The van der Waals surface area contributed by atoms with Crippen LogP contribution >= 0.6 is 0 Å². The molecule has 0 aromatic carbocycles. The van der Waals surface area contributed by atoms with E-state index in [1.165, 1.54) is 64.2 Å². The molecule has 0 aliphatic heterocycles. The highest BCUT2D eigenvalue weighted by molar-refractivity contribution is 5.80. The third kappa shape index (κ3) is 20.0. The lowest BCUT2D eigenvalue weighted by molar-refractivity contribution is -0.159. The molecule has 0 spiro atoms. The smallest absolute Gasteiger partial charge is 0.333 e. The van der Waals surface area contributed by atoms with Crippen molar-refractivity contribution in [1.82, 2.24) is 0 Å². The molecule has 2 atom stereocenters. The van der Waals surface area contributed by atoms with Crippen LogP contribution < -0.4 is 0 Å². The van der Waals surface area contributed by atoms with Gasteiger partial charge < -0.3 is 24.8 Å². The molecule has 0 radical (unpaired) electrons. The van der Waals surface area contributed by atoms with E-state index in [2.05, 4.69) is 11.7 Å². The SMILES string of the molecule is CCCCCCCCCCCCCCCC(=O)OCC(O)COC(=O)C[C@@H](O)C(=O)O. The third-order valence-electron chi connectivity index (χ3n) is 5.00. The Balaban J connectivity index is 3.48. The molecule has 0 rings (SSSR count). The van der Waals surface area contributed by atoms with Crippen LogP contribution in [0.3, 0.4) is 0 Å². The van der Waals surface area contributed by atoms with Crippen molar-refractivity contribution in [3.63, 3.8) is 0 Å². The summed E-state index contributed by atoms with van der Waals surface area (Å²) in [6, 6.07) is 0. The zero-order chi connectivity index (χ0) is 23.3. The van der Waals surface area contributed by atoms with E-state index in [0.29, 0.717) is 0 Å². The first kappa shape index (κ1) is 29.3. The molecule has 0 aliphatic carbocycles. The Hall–Kier alpha value is -1.67. The van der Waals surface area contributed by atoms with Crippen molar-refractivity contribution in [3.8, 4) is 0 Å². The number of carboxylic acid groups (broad SMARTS) is 1. The van der Waals surface area contributed by atoms with Crippen molar-refractivity contribution in [2.75, 3.05) is 13.2 Å². The van der Waals surface area contributed by atoms with Crippen molar-refractivity contribution in [1.29, 1.82) is 0 Å². The van der Waals surface area contributed by atoms with E-state index in [-0.39, 0.29) is 13.0 Å². The van der Waals surface area contributed by atoms with Gasteiger partial charge in [-0.1, -0.05) is 84.0 Å². The van der Waals surface area contributed by atoms with Gasteiger partial charge in [-0.2, -0.15) is 0 Å². The number of hydrogen-bond donors (Lipinski definition) is 3. The van der Waals surface area contributed by atoms with Crippen molar-refractivity contribution >= 4 is 17.9 Å². The number of aliphatic hydroxyl groups is 2. The molecular formula is C23H42O8. The maximum Gasteiger partial charge on any atom is 0.333 e. The minimum absolute atomic E-state index is 0.287. The Kier molecular flexibility index (Phi) is 19.2. The highest BCUT2D eigenvalue weighted by atomic mass is 16.6. The zero-order valence-corrected chi connectivity index (χ0v) is 19.1. The molecule has 0 fully saturated rings. The van der Waals surface area contributed by atoms with Gasteiger partial charge in [-0.05, 0) is 6.42 Å². The van der Waals surface area contributed by atoms with Gasteiger partial charge in [-0.25, -0.2) is 4.79 Å². The molecule has 0 aliphatic rings. The van der Waals surface area contributed by atoms with E-state index in [1.807, 2.05) is 0 Å². The van der Waals surface area contributed by atoms with E-state index in [1.54, 1.807) is 0 Å². The summed E-state index contributed by atoms with van der Waals surface area (Å²) in [5, 5.41) is 27.1. The van der Waals surface area contributed by atoms with Crippen LogP contribution in [0.2, 0.25) is 0 Å². The van der Waals surface area contributed by atoms with Crippen LogP contribution in [-0.4, -0.2) is 58.6 Å².